The fourth-order valence-electron chi connectivity index (χ4n) is 2.19. The van der Waals surface area contributed by atoms with Gasteiger partial charge < -0.3 is 9.47 Å². The van der Waals surface area contributed by atoms with E-state index < -0.39 is 0 Å². The van der Waals surface area contributed by atoms with Crippen molar-refractivity contribution in [2.24, 2.45) is 0 Å². The van der Waals surface area contributed by atoms with Crippen molar-refractivity contribution in [2.75, 3.05) is 14.2 Å². The second-order valence-electron chi connectivity index (χ2n) is 5.27. The second-order valence-corrected chi connectivity index (χ2v) is 5.70. The highest BCUT2D eigenvalue weighted by molar-refractivity contribution is 6.30. The van der Waals surface area contributed by atoms with E-state index in [1.165, 1.54) is 7.11 Å². The van der Waals surface area contributed by atoms with E-state index >= 15 is 0 Å². The first-order valence-corrected chi connectivity index (χ1v) is 7.92. The van der Waals surface area contributed by atoms with Crippen LogP contribution in [0.3, 0.4) is 0 Å². The zero-order chi connectivity index (χ0) is 18.2. The number of hydrogen-bond donors (Lipinski definition) is 2. The number of benzene rings is 2. The molecule has 25 heavy (non-hydrogen) atoms. The lowest BCUT2D eigenvalue weighted by Crippen LogP contribution is -2.43. The molecule has 0 bridgehead atoms. The Morgan fingerprint density at radius 2 is 1.36 bits per heavy atom. The third-order valence-corrected chi connectivity index (χ3v) is 3.68. The smallest absolute Gasteiger partial charge is 0.242 e. The topological polar surface area (TPSA) is 76.7 Å². The zero-order valence-corrected chi connectivity index (χ0v) is 14.7. The zero-order valence-electron chi connectivity index (χ0n) is 14.0. The normalized spacial score (nSPS) is 10.0. The minimum absolute atomic E-state index is 0.0988. The highest BCUT2D eigenvalue weighted by Gasteiger charge is 2.10. The molecule has 0 radical (unpaired) electrons. The molecule has 0 saturated carbocycles. The van der Waals surface area contributed by atoms with E-state index in [9.17, 15) is 9.59 Å². The molecule has 0 unspecified atom stereocenters. The fourth-order valence-corrected chi connectivity index (χ4v) is 2.32. The SMILES string of the molecule is COc1ccc(CC(=O)NNC(=O)Cc2ccc(Cl)cc2)cc1OC. The van der Waals surface area contributed by atoms with Crippen molar-refractivity contribution < 1.29 is 19.1 Å². The minimum Gasteiger partial charge on any atom is -0.493 e. The van der Waals surface area contributed by atoms with E-state index in [-0.39, 0.29) is 24.7 Å². The number of ether oxygens (including phenoxy) is 2. The molecular formula is C18H19ClN2O4. The van der Waals surface area contributed by atoms with Crippen LogP contribution in [-0.2, 0) is 22.4 Å². The molecule has 0 aliphatic rings. The number of amides is 2. The summed E-state index contributed by atoms with van der Waals surface area (Å²) in [5.41, 5.74) is 6.32. The van der Waals surface area contributed by atoms with Crippen molar-refractivity contribution in [1.82, 2.24) is 10.9 Å². The van der Waals surface area contributed by atoms with E-state index in [2.05, 4.69) is 10.9 Å². The van der Waals surface area contributed by atoms with Crippen LogP contribution in [0.25, 0.3) is 0 Å². The van der Waals surface area contributed by atoms with Crippen LogP contribution in [0, 0.1) is 0 Å². The van der Waals surface area contributed by atoms with Gasteiger partial charge in [-0.2, -0.15) is 0 Å². The second kappa shape index (κ2) is 8.94. The van der Waals surface area contributed by atoms with Crippen LogP contribution >= 0.6 is 11.6 Å². The van der Waals surface area contributed by atoms with Gasteiger partial charge in [0.1, 0.15) is 0 Å². The van der Waals surface area contributed by atoms with Gasteiger partial charge in [0.15, 0.2) is 11.5 Å². The fraction of sp³-hybridized carbons (Fsp3) is 0.222. The Hall–Kier alpha value is -2.73. The number of carbonyl (C=O) groups is 2. The summed E-state index contributed by atoms with van der Waals surface area (Å²) in [5.74, 6) is 0.474. The maximum Gasteiger partial charge on any atom is 0.242 e. The molecule has 132 valence electrons. The Kier molecular flexibility index (Phi) is 6.65. The van der Waals surface area contributed by atoms with Crippen molar-refractivity contribution in [3.8, 4) is 11.5 Å². The van der Waals surface area contributed by atoms with Crippen LogP contribution in [-0.4, -0.2) is 26.0 Å². The molecule has 0 spiro atoms. The summed E-state index contributed by atoms with van der Waals surface area (Å²) >= 11 is 5.79. The van der Waals surface area contributed by atoms with Crippen LogP contribution < -0.4 is 20.3 Å². The van der Waals surface area contributed by atoms with Crippen LogP contribution in [0.4, 0.5) is 0 Å². The molecule has 7 heteroatoms. The van der Waals surface area contributed by atoms with Gasteiger partial charge in [-0.3, -0.25) is 20.4 Å². The molecule has 0 saturated heterocycles. The molecule has 2 N–H and O–H groups in total. The van der Waals surface area contributed by atoms with Gasteiger partial charge in [-0.15, -0.1) is 0 Å². The average molecular weight is 363 g/mol. The van der Waals surface area contributed by atoms with E-state index in [4.69, 9.17) is 21.1 Å². The summed E-state index contributed by atoms with van der Waals surface area (Å²) in [7, 11) is 3.07. The minimum atomic E-state index is -0.336. The Labute approximate surface area is 151 Å². The summed E-state index contributed by atoms with van der Waals surface area (Å²) in [6.07, 6.45) is 0.245. The first-order chi connectivity index (χ1) is 12.0. The molecule has 6 nitrogen and oxygen atoms in total. The van der Waals surface area contributed by atoms with Crippen molar-refractivity contribution in [1.29, 1.82) is 0 Å². The molecule has 0 fully saturated rings. The van der Waals surface area contributed by atoms with E-state index in [1.54, 1.807) is 49.6 Å². The maximum absolute atomic E-state index is 12.0. The Bertz CT molecular complexity index is 747. The molecule has 2 aromatic rings. The lowest BCUT2D eigenvalue weighted by molar-refractivity contribution is -0.128. The molecular weight excluding hydrogens is 344 g/mol. The van der Waals surface area contributed by atoms with Crippen LogP contribution in [0.1, 0.15) is 11.1 Å². The van der Waals surface area contributed by atoms with Crippen molar-refractivity contribution in [3.05, 3.63) is 58.6 Å². The van der Waals surface area contributed by atoms with E-state index in [0.29, 0.717) is 16.5 Å². The number of halogens is 1. The molecule has 2 amide bonds. The lowest BCUT2D eigenvalue weighted by Gasteiger charge is -2.10. The molecule has 0 heterocycles. The van der Waals surface area contributed by atoms with Crippen LogP contribution in [0.15, 0.2) is 42.5 Å². The predicted molar refractivity (Wildman–Crippen MR) is 94.7 cm³/mol. The maximum atomic E-state index is 12.0. The van der Waals surface area contributed by atoms with Gasteiger partial charge in [0.2, 0.25) is 11.8 Å². The third kappa shape index (κ3) is 5.69. The molecule has 2 aromatic carbocycles. The summed E-state index contributed by atoms with van der Waals surface area (Å²) in [4.78, 5) is 23.8. The summed E-state index contributed by atoms with van der Waals surface area (Å²) in [5, 5.41) is 0.604. The summed E-state index contributed by atoms with van der Waals surface area (Å²) < 4.78 is 10.3. The predicted octanol–water partition coefficient (Wildman–Crippen LogP) is 2.29. The van der Waals surface area contributed by atoms with Gasteiger partial charge in [0, 0.05) is 5.02 Å². The van der Waals surface area contributed by atoms with E-state index in [0.717, 1.165) is 11.1 Å². The lowest BCUT2D eigenvalue weighted by atomic mass is 10.1. The standard InChI is InChI=1S/C18H19ClN2O4/c1-24-15-8-5-13(9-16(15)25-2)11-18(23)21-20-17(22)10-12-3-6-14(19)7-4-12/h3-9H,10-11H2,1-2H3,(H,20,22)(H,21,23). The first kappa shape index (κ1) is 18.6. The van der Waals surface area contributed by atoms with Gasteiger partial charge in [-0.1, -0.05) is 29.8 Å². The Morgan fingerprint density at radius 3 is 1.92 bits per heavy atom. The van der Waals surface area contributed by atoms with Gasteiger partial charge in [-0.05, 0) is 35.4 Å². The van der Waals surface area contributed by atoms with Crippen molar-refractivity contribution >= 4 is 23.4 Å². The Balaban J connectivity index is 1.84. The van der Waals surface area contributed by atoms with Crippen LogP contribution in [0.2, 0.25) is 5.02 Å². The number of hydrogen-bond acceptors (Lipinski definition) is 4. The summed E-state index contributed by atoms with van der Waals surface area (Å²) in [6, 6.07) is 12.1. The van der Waals surface area contributed by atoms with Gasteiger partial charge in [0.25, 0.3) is 0 Å². The number of rotatable bonds is 6. The van der Waals surface area contributed by atoms with Gasteiger partial charge in [0.05, 0.1) is 27.1 Å². The van der Waals surface area contributed by atoms with Crippen molar-refractivity contribution in [2.45, 2.75) is 12.8 Å². The molecule has 0 aromatic heterocycles. The number of carbonyl (C=O) groups excluding carboxylic acids is 2. The number of hydrazine groups is 1. The number of nitrogens with one attached hydrogen (secondary N) is 2. The molecule has 0 aliphatic carbocycles. The van der Waals surface area contributed by atoms with Crippen LogP contribution in [0.5, 0.6) is 11.5 Å². The summed E-state index contributed by atoms with van der Waals surface area (Å²) in [6.45, 7) is 0. The van der Waals surface area contributed by atoms with Gasteiger partial charge >= 0.3 is 0 Å². The molecule has 0 aliphatic heterocycles. The largest absolute Gasteiger partial charge is 0.493 e. The first-order valence-electron chi connectivity index (χ1n) is 7.55. The molecule has 0 atom stereocenters. The van der Waals surface area contributed by atoms with E-state index in [1.807, 2.05) is 0 Å². The number of methoxy groups -OCH3 is 2. The van der Waals surface area contributed by atoms with Gasteiger partial charge in [-0.25, -0.2) is 0 Å². The molecule has 2 rings (SSSR count). The average Bonchev–Trinajstić information content (AvgIpc) is 2.62. The quantitative estimate of drug-likeness (QED) is 0.773. The monoisotopic (exact) mass is 362 g/mol. The Morgan fingerprint density at radius 1 is 0.840 bits per heavy atom. The highest BCUT2D eigenvalue weighted by atomic mass is 35.5. The highest BCUT2D eigenvalue weighted by Crippen LogP contribution is 2.27. The van der Waals surface area contributed by atoms with Crippen molar-refractivity contribution in [3.63, 3.8) is 0 Å². The third-order valence-electron chi connectivity index (χ3n) is 3.43.